The van der Waals surface area contributed by atoms with E-state index in [0.29, 0.717) is 26.4 Å². The molecule has 0 atom stereocenters. The van der Waals surface area contributed by atoms with Crippen LogP contribution in [0.1, 0.15) is 32.6 Å². The molecule has 2 aliphatic rings. The number of hydrogen-bond acceptors (Lipinski definition) is 4. The first kappa shape index (κ1) is 15.6. The first-order valence-electron chi connectivity index (χ1n) is 6.24. The van der Waals surface area contributed by atoms with Gasteiger partial charge >= 0.3 is 18.9 Å². The number of hydrogen-bond donors (Lipinski definition) is 0. The average Bonchev–Trinajstić information content (AvgIpc) is 2.97. The first-order chi connectivity index (χ1) is 7.92. The van der Waals surface area contributed by atoms with Gasteiger partial charge < -0.3 is 18.6 Å². The van der Waals surface area contributed by atoms with Gasteiger partial charge in [-0.25, -0.2) is 5.72 Å². The quantitative estimate of drug-likeness (QED) is 0.310. The van der Waals surface area contributed by atoms with Gasteiger partial charge in [-0.3, -0.25) is 0 Å². The zero-order valence-electron chi connectivity index (χ0n) is 10.9. The van der Waals surface area contributed by atoms with E-state index in [1.165, 1.54) is 12.8 Å². The Bertz CT molecular complexity index is 183. The summed E-state index contributed by atoms with van der Waals surface area (Å²) in [5.41, 5.74) is 1.13. The van der Waals surface area contributed by atoms with Crippen LogP contribution in [0.5, 0.6) is 0 Å². The maximum Gasteiger partial charge on any atom is 1.00 e. The average molecular weight is 232 g/mol. The van der Waals surface area contributed by atoms with E-state index in [9.17, 15) is 0 Å². The molecule has 2 fully saturated rings. The maximum absolute atomic E-state index is 5.54. The Balaban J connectivity index is 0.00000144. The van der Waals surface area contributed by atoms with Crippen molar-refractivity contribution in [2.45, 2.75) is 32.6 Å². The fraction of sp³-hybridized carbons (Fsp3) is 0.900. The third kappa shape index (κ3) is 4.63. The maximum atomic E-state index is 5.54. The molecule has 0 aromatic carbocycles. The van der Waals surface area contributed by atoms with E-state index in [0.717, 1.165) is 18.6 Å². The fourth-order valence-electron chi connectivity index (χ4n) is 2.07. The predicted octanol–water partition coefficient (Wildman–Crippen LogP) is -1.71. The van der Waals surface area contributed by atoms with Gasteiger partial charge in [-0.15, -0.1) is 0 Å². The standard InChI is InChI=1S/C10H19B2O4.Li/c1-2-3-4-5-10(11-13-6-7-14-11)12-15-8-9-16-12;/h2-9H2,1H3;/q-1;+1. The fourth-order valence-corrected chi connectivity index (χ4v) is 2.07. The van der Waals surface area contributed by atoms with Crippen molar-refractivity contribution in [2.75, 3.05) is 26.4 Å². The number of rotatable bonds is 6. The smallest absolute Gasteiger partial charge is 0.435 e. The van der Waals surface area contributed by atoms with Crippen molar-refractivity contribution in [3.63, 3.8) is 0 Å². The molecule has 0 N–H and O–H groups in total. The Morgan fingerprint density at radius 2 is 1.35 bits per heavy atom. The molecule has 2 saturated heterocycles. The Morgan fingerprint density at radius 1 is 0.882 bits per heavy atom. The molecule has 0 amide bonds. The minimum Gasteiger partial charge on any atom is -0.435 e. The van der Waals surface area contributed by atoms with Crippen LogP contribution in [-0.4, -0.2) is 40.7 Å². The second-order valence-electron chi connectivity index (χ2n) is 4.18. The molecule has 0 aromatic rings. The molecule has 4 nitrogen and oxygen atoms in total. The van der Waals surface area contributed by atoms with E-state index < -0.39 is 0 Å². The molecule has 7 heteroatoms. The normalized spacial score (nSPS) is 20.1. The molecule has 2 heterocycles. The SMILES string of the molecule is CCCCC[C-](B1OCCO1)B1OCCO1.[Li+]. The van der Waals surface area contributed by atoms with E-state index in [-0.39, 0.29) is 33.1 Å². The van der Waals surface area contributed by atoms with E-state index in [4.69, 9.17) is 18.6 Å². The second kappa shape index (κ2) is 8.63. The van der Waals surface area contributed by atoms with Crippen LogP contribution in [0.4, 0.5) is 0 Å². The second-order valence-corrected chi connectivity index (χ2v) is 4.18. The van der Waals surface area contributed by atoms with E-state index >= 15 is 0 Å². The molecular weight excluding hydrogens is 213 g/mol. The summed E-state index contributed by atoms with van der Waals surface area (Å²) in [5, 5.41) is 0. The van der Waals surface area contributed by atoms with Crippen LogP contribution >= 0.6 is 0 Å². The molecule has 90 valence electrons. The molecule has 2 aliphatic heterocycles. The minimum atomic E-state index is -0.208. The minimum absolute atomic E-state index is 0. The van der Waals surface area contributed by atoms with E-state index in [2.05, 4.69) is 6.92 Å². The van der Waals surface area contributed by atoms with Crippen molar-refractivity contribution in [1.29, 1.82) is 0 Å². The van der Waals surface area contributed by atoms with Gasteiger partial charge in [-0.1, -0.05) is 26.2 Å². The van der Waals surface area contributed by atoms with Crippen LogP contribution in [0.3, 0.4) is 0 Å². The van der Waals surface area contributed by atoms with E-state index in [1.807, 2.05) is 0 Å². The summed E-state index contributed by atoms with van der Waals surface area (Å²) < 4.78 is 22.2. The zero-order valence-corrected chi connectivity index (χ0v) is 10.9. The molecule has 0 aliphatic carbocycles. The summed E-state index contributed by atoms with van der Waals surface area (Å²) in [6.07, 6.45) is 4.57. The van der Waals surface area contributed by atoms with Crippen molar-refractivity contribution in [3.8, 4) is 0 Å². The number of unbranched alkanes of at least 4 members (excludes halogenated alkanes) is 2. The Kier molecular flexibility index (Phi) is 7.93. The summed E-state index contributed by atoms with van der Waals surface area (Å²) in [6, 6.07) is 0. The van der Waals surface area contributed by atoms with Gasteiger partial charge in [-0.05, 0) is 0 Å². The van der Waals surface area contributed by atoms with Crippen LogP contribution in [0.25, 0.3) is 0 Å². The van der Waals surface area contributed by atoms with Crippen LogP contribution in [0, 0.1) is 5.72 Å². The van der Waals surface area contributed by atoms with Gasteiger partial charge in [0.1, 0.15) is 0 Å². The largest absolute Gasteiger partial charge is 1.00 e. The third-order valence-corrected chi connectivity index (χ3v) is 2.92. The van der Waals surface area contributed by atoms with Crippen molar-refractivity contribution in [3.05, 3.63) is 5.72 Å². The third-order valence-electron chi connectivity index (χ3n) is 2.92. The topological polar surface area (TPSA) is 36.9 Å². The predicted molar refractivity (Wildman–Crippen MR) is 62.7 cm³/mol. The van der Waals surface area contributed by atoms with Crippen LogP contribution in [-0.2, 0) is 18.6 Å². The monoisotopic (exact) mass is 232 g/mol. The Hall–Kier alpha value is 0.567. The van der Waals surface area contributed by atoms with Crippen molar-refractivity contribution < 1.29 is 37.5 Å². The van der Waals surface area contributed by atoms with Gasteiger partial charge in [0.2, 0.25) is 0 Å². The van der Waals surface area contributed by atoms with Gasteiger partial charge in [0.05, 0.1) is 26.4 Å². The molecule has 2 rings (SSSR count). The molecule has 0 spiro atoms. The molecule has 0 aromatic heterocycles. The van der Waals surface area contributed by atoms with Crippen LogP contribution < -0.4 is 18.9 Å². The summed E-state index contributed by atoms with van der Waals surface area (Å²) in [5.74, 6) is 0. The molecule has 17 heavy (non-hydrogen) atoms. The van der Waals surface area contributed by atoms with Crippen LogP contribution in [0.15, 0.2) is 0 Å². The van der Waals surface area contributed by atoms with E-state index in [1.54, 1.807) is 0 Å². The summed E-state index contributed by atoms with van der Waals surface area (Å²) in [6.45, 7) is 4.90. The van der Waals surface area contributed by atoms with Gasteiger partial charge in [-0.2, -0.15) is 6.42 Å². The molecule has 0 unspecified atom stereocenters. The van der Waals surface area contributed by atoms with Gasteiger partial charge in [0.25, 0.3) is 14.2 Å². The molecule has 0 saturated carbocycles. The van der Waals surface area contributed by atoms with Crippen molar-refractivity contribution in [1.82, 2.24) is 0 Å². The van der Waals surface area contributed by atoms with Crippen molar-refractivity contribution in [2.24, 2.45) is 0 Å². The van der Waals surface area contributed by atoms with Gasteiger partial charge in [0, 0.05) is 0 Å². The molecule has 0 radical (unpaired) electrons. The summed E-state index contributed by atoms with van der Waals surface area (Å²) in [4.78, 5) is 0. The Morgan fingerprint density at radius 3 is 1.76 bits per heavy atom. The van der Waals surface area contributed by atoms with Gasteiger partial charge in [0.15, 0.2) is 0 Å². The van der Waals surface area contributed by atoms with Crippen molar-refractivity contribution >= 4 is 14.2 Å². The van der Waals surface area contributed by atoms with Crippen LogP contribution in [0.2, 0.25) is 0 Å². The summed E-state index contributed by atoms with van der Waals surface area (Å²) >= 11 is 0. The summed E-state index contributed by atoms with van der Waals surface area (Å²) in [7, 11) is -0.417. The molecular formula is C10H19B2LiO4. The zero-order chi connectivity index (χ0) is 11.2. The first-order valence-corrected chi connectivity index (χ1v) is 6.24. The molecule has 0 bridgehead atoms. The Labute approximate surface area is 117 Å².